The lowest BCUT2D eigenvalue weighted by atomic mass is 9.87. The lowest BCUT2D eigenvalue weighted by Crippen LogP contribution is -2.33. The summed E-state index contributed by atoms with van der Waals surface area (Å²) >= 11 is 0. The van der Waals surface area contributed by atoms with E-state index >= 15 is 0 Å². The van der Waals surface area contributed by atoms with E-state index in [2.05, 4.69) is 15.3 Å². The largest absolute Gasteiger partial charge is 0.335 e. The number of nitrogens with zero attached hydrogens (tertiary/aromatic N) is 2. The summed E-state index contributed by atoms with van der Waals surface area (Å²) in [5, 5.41) is 3.41. The molecule has 5 nitrogen and oxygen atoms in total. The van der Waals surface area contributed by atoms with Gasteiger partial charge in [0.15, 0.2) is 5.82 Å². The number of amides is 1. The molecule has 0 saturated carbocycles. The van der Waals surface area contributed by atoms with Gasteiger partial charge < -0.3 is 15.2 Å². The van der Waals surface area contributed by atoms with Gasteiger partial charge in [-0.2, -0.15) is 0 Å². The molecule has 0 bridgehead atoms. The third-order valence-corrected chi connectivity index (χ3v) is 4.65. The van der Waals surface area contributed by atoms with E-state index in [9.17, 15) is 4.79 Å². The van der Waals surface area contributed by atoms with Crippen molar-refractivity contribution in [3.63, 3.8) is 0 Å². The highest BCUT2D eigenvalue weighted by molar-refractivity contribution is 5.94. The fourth-order valence-electron chi connectivity index (χ4n) is 3.46. The highest BCUT2D eigenvalue weighted by Gasteiger charge is 2.42. The maximum atomic E-state index is 12.6. The topological polar surface area (TPSA) is 61.0 Å². The van der Waals surface area contributed by atoms with Crippen LogP contribution in [0.5, 0.6) is 0 Å². The first-order valence-corrected chi connectivity index (χ1v) is 7.21. The Labute approximate surface area is 117 Å². The predicted molar refractivity (Wildman–Crippen MR) is 76.5 cm³/mol. The Bertz CT molecular complexity index is 624. The molecular weight excluding hydrogens is 252 g/mol. The molecule has 2 aromatic rings. The van der Waals surface area contributed by atoms with Gasteiger partial charge in [-0.3, -0.25) is 4.79 Å². The molecule has 2 aliphatic rings. The molecule has 5 heteroatoms. The summed E-state index contributed by atoms with van der Waals surface area (Å²) in [6, 6.07) is 7.76. The first-order valence-electron chi connectivity index (χ1n) is 7.21. The quantitative estimate of drug-likeness (QED) is 0.823. The van der Waals surface area contributed by atoms with E-state index in [0.717, 1.165) is 43.6 Å². The summed E-state index contributed by atoms with van der Waals surface area (Å²) < 4.78 is 0. The summed E-state index contributed by atoms with van der Waals surface area (Å²) in [6.07, 6.45) is 2.28. The monoisotopic (exact) mass is 270 g/mol. The van der Waals surface area contributed by atoms with Gasteiger partial charge in [0, 0.05) is 25.0 Å². The second kappa shape index (κ2) is 4.31. The summed E-state index contributed by atoms with van der Waals surface area (Å²) in [5.41, 5.74) is 2.08. The van der Waals surface area contributed by atoms with Crippen LogP contribution in [0.4, 0.5) is 0 Å². The predicted octanol–water partition coefficient (Wildman–Crippen LogP) is 1.39. The zero-order valence-electron chi connectivity index (χ0n) is 11.4. The molecule has 20 heavy (non-hydrogen) atoms. The molecule has 2 N–H and O–H groups in total. The number of hydrogen-bond acceptors (Lipinski definition) is 3. The van der Waals surface area contributed by atoms with Gasteiger partial charge in [-0.1, -0.05) is 12.1 Å². The van der Waals surface area contributed by atoms with Crippen molar-refractivity contribution in [3.8, 4) is 0 Å². The van der Waals surface area contributed by atoms with Crippen molar-refractivity contribution in [2.24, 2.45) is 5.41 Å². The van der Waals surface area contributed by atoms with Gasteiger partial charge in [0.05, 0.1) is 11.0 Å². The third-order valence-electron chi connectivity index (χ3n) is 4.65. The normalized spacial score (nSPS) is 25.9. The molecule has 1 aromatic heterocycles. The molecule has 2 saturated heterocycles. The van der Waals surface area contributed by atoms with Gasteiger partial charge in [-0.25, -0.2) is 4.98 Å². The Morgan fingerprint density at radius 2 is 2.20 bits per heavy atom. The van der Waals surface area contributed by atoms with Crippen molar-refractivity contribution < 1.29 is 4.79 Å². The highest BCUT2D eigenvalue weighted by Crippen LogP contribution is 2.36. The number of fused-ring (bicyclic) bond motifs is 1. The number of hydrogen-bond donors (Lipinski definition) is 2. The molecule has 3 heterocycles. The lowest BCUT2D eigenvalue weighted by molar-refractivity contribution is 0.0765. The van der Waals surface area contributed by atoms with Crippen molar-refractivity contribution >= 4 is 16.9 Å². The minimum Gasteiger partial charge on any atom is -0.335 e. The van der Waals surface area contributed by atoms with Crippen molar-refractivity contribution in [2.45, 2.75) is 12.8 Å². The van der Waals surface area contributed by atoms with Gasteiger partial charge >= 0.3 is 0 Å². The molecule has 1 atom stereocenters. The summed E-state index contributed by atoms with van der Waals surface area (Å²) in [7, 11) is 0. The third kappa shape index (κ3) is 1.81. The van der Waals surface area contributed by atoms with E-state index in [1.54, 1.807) is 0 Å². The zero-order chi connectivity index (χ0) is 13.6. The molecule has 1 amide bonds. The Hall–Kier alpha value is -1.88. The van der Waals surface area contributed by atoms with Crippen molar-refractivity contribution in [1.29, 1.82) is 0 Å². The summed E-state index contributed by atoms with van der Waals surface area (Å²) in [6.45, 7) is 3.82. The molecule has 1 aromatic carbocycles. The van der Waals surface area contributed by atoms with Crippen LogP contribution in [-0.4, -0.2) is 47.0 Å². The Kier molecular flexibility index (Phi) is 2.57. The van der Waals surface area contributed by atoms with Crippen molar-refractivity contribution in [2.75, 3.05) is 26.2 Å². The number of carbonyl (C=O) groups is 1. The number of aromatic amines is 1. The SMILES string of the molecule is O=C(c1nc2ccccc2[nH]1)N1CCC2(CCNC2)C1. The minimum atomic E-state index is 0.0324. The average molecular weight is 270 g/mol. The summed E-state index contributed by atoms with van der Waals surface area (Å²) in [5.74, 6) is 0.499. The van der Waals surface area contributed by atoms with E-state index in [0.29, 0.717) is 11.2 Å². The van der Waals surface area contributed by atoms with E-state index in [1.165, 1.54) is 6.42 Å². The van der Waals surface area contributed by atoms with E-state index in [1.807, 2.05) is 29.2 Å². The first-order chi connectivity index (χ1) is 9.76. The number of likely N-dealkylation sites (tertiary alicyclic amines) is 1. The number of rotatable bonds is 1. The average Bonchev–Trinajstić information content (AvgIpc) is 3.19. The molecule has 0 aliphatic carbocycles. The number of carbonyl (C=O) groups excluding carboxylic acids is 1. The maximum absolute atomic E-state index is 12.6. The minimum absolute atomic E-state index is 0.0324. The van der Waals surface area contributed by atoms with E-state index in [4.69, 9.17) is 0 Å². The van der Waals surface area contributed by atoms with Crippen LogP contribution in [0.3, 0.4) is 0 Å². The number of nitrogens with one attached hydrogen (secondary N) is 2. The fraction of sp³-hybridized carbons (Fsp3) is 0.467. The molecule has 1 spiro atoms. The lowest BCUT2D eigenvalue weighted by Gasteiger charge is -2.22. The van der Waals surface area contributed by atoms with Gasteiger partial charge in [0.1, 0.15) is 0 Å². The maximum Gasteiger partial charge on any atom is 0.289 e. The summed E-state index contributed by atoms with van der Waals surface area (Å²) in [4.78, 5) is 22.1. The Balaban J connectivity index is 1.58. The number of H-pyrrole nitrogens is 1. The number of benzene rings is 1. The van der Waals surface area contributed by atoms with Crippen molar-refractivity contribution in [3.05, 3.63) is 30.1 Å². The molecule has 104 valence electrons. The van der Waals surface area contributed by atoms with Gasteiger partial charge in [-0.15, -0.1) is 0 Å². The molecule has 0 radical (unpaired) electrons. The molecule has 2 aliphatic heterocycles. The molecule has 2 fully saturated rings. The fourth-order valence-corrected chi connectivity index (χ4v) is 3.46. The molecular formula is C15H18N4O. The molecule has 4 rings (SSSR count). The van der Waals surface area contributed by atoms with Crippen LogP contribution in [0, 0.1) is 5.41 Å². The van der Waals surface area contributed by atoms with Crippen LogP contribution in [0.1, 0.15) is 23.5 Å². The number of para-hydroxylation sites is 2. The van der Waals surface area contributed by atoms with E-state index < -0.39 is 0 Å². The van der Waals surface area contributed by atoms with Crippen molar-refractivity contribution in [1.82, 2.24) is 20.2 Å². The van der Waals surface area contributed by atoms with E-state index in [-0.39, 0.29) is 5.91 Å². The van der Waals surface area contributed by atoms with Crippen LogP contribution < -0.4 is 5.32 Å². The highest BCUT2D eigenvalue weighted by atomic mass is 16.2. The van der Waals surface area contributed by atoms with Crippen LogP contribution in [0.2, 0.25) is 0 Å². The number of imidazole rings is 1. The second-order valence-corrected chi connectivity index (χ2v) is 6.01. The van der Waals surface area contributed by atoms with Crippen LogP contribution >= 0.6 is 0 Å². The molecule has 1 unspecified atom stereocenters. The van der Waals surface area contributed by atoms with Crippen LogP contribution in [0.15, 0.2) is 24.3 Å². The first kappa shape index (κ1) is 11.9. The Morgan fingerprint density at radius 3 is 3.00 bits per heavy atom. The zero-order valence-corrected chi connectivity index (χ0v) is 11.4. The second-order valence-electron chi connectivity index (χ2n) is 6.01. The number of aromatic nitrogens is 2. The smallest absolute Gasteiger partial charge is 0.289 e. The van der Waals surface area contributed by atoms with Gasteiger partial charge in [0.2, 0.25) is 0 Å². The Morgan fingerprint density at radius 1 is 1.30 bits per heavy atom. The van der Waals surface area contributed by atoms with Crippen LogP contribution in [-0.2, 0) is 0 Å². The standard InChI is InChI=1S/C15H18N4O/c20-14(13-17-11-3-1-2-4-12(11)18-13)19-8-6-15(10-19)5-7-16-9-15/h1-4,16H,5-10H2,(H,17,18). The van der Waals surface area contributed by atoms with Gasteiger partial charge in [-0.05, 0) is 31.5 Å². The van der Waals surface area contributed by atoms with Gasteiger partial charge in [0.25, 0.3) is 5.91 Å². The van der Waals surface area contributed by atoms with Crippen LogP contribution in [0.25, 0.3) is 11.0 Å².